The minimum atomic E-state index is -0.173. The SMILES string of the molecule is CC(=O)c1cc2cc3cc(C(C)=O)c(C(C)=O)cc3cc2cc1C(C)=O. The van der Waals surface area contributed by atoms with Crippen molar-refractivity contribution in [3.05, 3.63) is 58.7 Å². The number of Topliss-reactive ketones (excluding diaryl/α,β-unsaturated/α-hetero) is 4. The van der Waals surface area contributed by atoms with Gasteiger partial charge in [-0.1, -0.05) is 0 Å². The maximum atomic E-state index is 11.9. The molecule has 4 nitrogen and oxygen atoms in total. The van der Waals surface area contributed by atoms with Gasteiger partial charge in [-0.05, 0) is 85.6 Å². The van der Waals surface area contributed by atoms with Gasteiger partial charge in [-0.25, -0.2) is 0 Å². The molecule has 0 saturated carbocycles. The fourth-order valence-corrected chi connectivity index (χ4v) is 3.27. The van der Waals surface area contributed by atoms with Crippen LogP contribution in [0.3, 0.4) is 0 Å². The molecule has 0 radical (unpaired) electrons. The molecule has 3 rings (SSSR count). The van der Waals surface area contributed by atoms with E-state index in [1.807, 2.05) is 12.1 Å². The van der Waals surface area contributed by atoms with E-state index in [0.29, 0.717) is 22.3 Å². The third-order valence-electron chi connectivity index (χ3n) is 4.59. The van der Waals surface area contributed by atoms with Crippen LogP contribution in [0.2, 0.25) is 0 Å². The molecule has 130 valence electrons. The number of carbonyl (C=O) groups excluding carboxylic acids is 4. The minimum Gasteiger partial charge on any atom is -0.294 e. The van der Waals surface area contributed by atoms with Crippen LogP contribution < -0.4 is 0 Å². The highest BCUT2D eigenvalue weighted by Crippen LogP contribution is 2.29. The molecule has 0 aliphatic carbocycles. The van der Waals surface area contributed by atoms with Crippen LogP contribution >= 0.6 is 0 Å². The number of carbonyl (C=O) groups is 4. The van der Waals surface area contributed by atoms with Gasteiger partial charge >= 0.3 is 0 Å². The first-order valence-corrected chi connectivity index (χ1v) is 8.28. The second-order valence-corrected chi connectivity index (χ2v) is 6.57. The highest BCUT2D eigenvalue weighted by atomic mass is 16.1. The normalized spacial score (nSPS) is 10.9. The van der Waals surface area contributed by atoms with E-state index in [-0.39, 0.29) is 23.1 Å². The highest BCUT2D eigenvalue weighted by molar-refractivity contribution is 6.14. The molecule has 0 spiro atoms. The molecular formula is C22H18O4. The van der Waals surface area contributed by atoms with Gasteiger partial charge in [-0.3, -0.25) is 19.2 Å². The maximum Gasteiger partial charge on any atom is 0.160 e. The van der Waals surface area contributed by atoms with E-state index in [0.717, 1.165) is 21.5 Å². The van der Waals surface area contributed by atoms with Crippen LogP contribution in [0.15, 0.2) is 36.4 Å². The summed E-state index contributed by atoms with van der Waals surface area (Å²) in [5.41, 5.74) is 1.54. The summed E-state index contributed by atoms with van der Waals surface area (Å²) in [5, 5.41) is 3.21. The summed E-state index contributed by atoms with van der Waals surface area (Å²) >= 11 is 0. The lowest BCUT2D eigenvalue weighted by atomic mass is 9.92. The van der Waals surface area contributed by atoms with Crippen LogP contribution in [0, 0.1) is 0 Å². The standard InChI is InChI=1S/C22H18O4/c1-11(23)19-7-15-5-17-9-21(13(3)25)22(14(4)26)10-18(17)6-16(15)8-20(19)12(2)24/h5-10H,1-4H3. The molecule has 0 atom stereocenters. The largest absolute Gasteiger partial charge is 0.294 e. The van der Waals surface area contributed by atoms with Crippen LogP contribution in [0.1, 0.15) is 69.1 Å². The molecule has 0 heterocycles. The van der Waals surface area contributed by atoms with Gasteiger partial charge in [-0.15, -0.1) is 0 Å². The van der Waals surface area contributed by atoms with Gasteiger partial charge in [0.15, 0.2) is 23.1 Å². The molecule has 0 amide bonds. The highest BCUT2D eigenvalue weighted by Gasteiger charge is 2.16. The molecule has 0 unspecified atom stereocenters. The van der Waals surface area contributed by atoms with Crippen molar-refractivity contribution in [3.8, 4) is 0 Å². The summed E-state index contributed by atoms with van der Waals surface area (Å²) in [6.45, 7) is 5.73. The quantitative estimate of drug-likeness (QED) is 0.502. The molecule has 0 saturated heterocycles. The van der Waals surface area contributed by atoms with Gasteiger partial charge in [0.2, 0.25) is 0 Å². The first kappa shape index (κ1) is 17.7. The van der Waals surface area contributed by atoms with Crippen molar-refractivity contribution in [1.29, 1.82) is 0 Å². The first-order chi connectivity index (χ1) is 12.2. The van der Waals surface area contributed by atoms with Crippen molar-refractivity contribution in [1.82, 2.24) is 0 Å². The van der Waals surface area contributed by atoms with Gasteiger partial charge < -0.3 is 0 Å². The van der Waals surface area contributed by atoms with Crippen LogP contribution in [-0.2, 0) is 0 Å². The number of hydrogen-bond acceptors (Lipinski definition) is 4. The third kappa shape index (κ3) is 2.94. The summed E-state index contributed by atoms with van der Waals surface area (Å²) in [6, 6.07) is 10.6. The van der Waals surface area contributed by atoms with E-state index >= 15 is 0 Å². The average molecular weight is 346 g/mol. The molecule has 0 fully saturated rings. The lowest BCUT2D eigenvalue weighted by Crippen LogP contribution is -2.05. The summed E-state index contributed by atoms with van der Waals surface area (Å²) in [7, 11) is 0. The second-order valence-electron chi connectivity index (χ2n) is 6.57. The van der Waals surface area contributed by atoms with Crippen molar-refractivity contribution in [2.45, 2.75) is 27.7 Å². The average Bonchev–Trinajstić information content (AvgIpc) is 2.57. The summed E-state index contributed by atoms with van der Waals surface area (Å²) in [5.74, 6) is -0.691. The van der Waals surface area contributed by atoms with Gasteiger partial charge in [0.05, 0.1) is 0 Å². The number of rotatable bonds is 4. The molecule has 0 N–H and O–H groups in total. The van der Waals surface area contributed by atoms with Crippen LogP contribution in [-0.4, -0.2) is 23.1 Å². The number of benzene rings is 3. The maximum absolute atomic E-state index is 11.9. The molecule has 3 aromatic carbocycles. The predicted octanol–water partition coefficient (Wildman–Crippen LogP) is 4.80. The van der Waals surface area contributed by atoms with E-state index in [4.69, 9.17) is 0 Å². The molecule has 4 heteroatoms. The number of ketones is 4. The molecule has 0 aliphatic rings. The molecule has 0 bridgehead atoms. The van der Waals surface area contributed by atoms with Crippen molar-refractivity contribution in [3.63, 3.8) is 0 Å². The second kappa shape index (κ2) is 6.30. The molecule has 3 aromatic rings. The summed E-state index contributed by atoms with van der Waals surface area (Å²) in [4.78, 5) is 47.6. The van der Waals surface area contributed by atoms with E-state index in [9.17, 15) is 19.2 Å². The third-order valence-corrected chi connectivity index (χ3v) is 4.59. The summed E-state index contributed by atoms with van der Waals surface area (Å²) < 4.78 is 0. The van der Waals surface area contributed by atoms with E-state index < -0.39 is 0 Å². The van der Waals surface area contributed by atoms with Crippen molar-refractivity contribution >= 4 is 44.7 Å². The Bertz CT molecular complexity index is 959. The van der Waals surface area contributed by atoms with Gasteiger partial charge in [0.1, 0.15) is 0 Å². The Morgan fingerprint density at radius 3 is 0.769 bits per heavy atom. The molecule has 26 heavy (non-hydrogen) atoms. The smallest absolute Gasteiger partial charge is 0.160 e. The topological polar surface area (TPSA) is 68.3 Å². The molecule has 0 aliphatic heterocycles. The summed E-state index contributed by atoms with van der Waals surface area (Å²) in [6.07, 6.45) is 0. The van der Waals surface area contributed by atoms with Crippen molar-refractivity contribution < 1.29 is 19.2 Å². The first-order valence-electron chi connectivity index (χ1n) is 8.28. The van der Waals surface area contributed by atoms with E-state index in [1.54, 1.807) is 24.3 Å². The lowest BCUT2D eigenvalue weighted by molar-refractivity contribution is 0.0981. The lowest BCUT2D eigenvalue weighted by Gasteiger charge is -2.11. The predicted molar refractivity (Wildman–Crippen MR) is 101 cm³/mol. The fraction of sp³-hybridized carbons (Fsp3) is 0.182. The van der Waals surface area contributed by atoms with Crippen LogP contribution in [0.5, 0.6) is 0 Å². The Morgan fingerprint density at radius 1 is 0.423 bits per heavy atom. The van der Waals surface area contributed by atoms with E-state index in [1.165, 1.54) is 27.7 Å². The van der Waals surface area contributed by atoms with Crippen molar-refractivity contribution in [2.75, 3.05) is 0 Å². The fourth-order valence-electron chi connectivity index (χ4n) is 3.27. The van der Waals surface area contributed by atoms with Crippen LogP contribution in [0.25, 0.3) is 21.5 Å². The molecule has 0 aromatic heterocycles. The minimum absolute atomic E-state index is 0.173. The zero-order valence-electron chi connectivity index (χ0n) is 15.1. The number of fused-ring (bicyclic) bond motifs is 2. The van der Waals surface area contributed by atoms with Gasteiger partial charge in [-0.2, -0.15) is 0 Å². The Labute approximate surface area is 150 Å². The zero-order chi connectivity index (χ0) is 19.2. The Balaban J connectivity index is 2.40. The van der Waals surface area contributed by atoms with Crippen LogP contribution in [0.4, 0.5) is 0 Å². The zero-order valence-corrected chi connectivity index (χ0v) is 15.1. The van der Waals surface area contributed by atoms with Crippen molar-refractivity contribution in [2.24, 2.45) is 0 Å². The Kier molecular flexibility index (Phi) is 4.28. The Morgan fingerprint density at radius 2 is 0.615 bits per heavy atom. The van der Waals surface area contributed by atoms with E-state index in [2.05, 4.69) is 0 Å². The Hall–Kier alpha value is -3.14. The molecular weight excluding hydrogens is 328 g/mol. The number of hydrogen-bond donors (Lipinski definition) is 0. The van der Waals surface area contributed by atoms with Gasteiger partial charge in [0, 0.05) is 22.3 Å². The van der Waals surface area contributed by atoms with Gasteiger partial charge in [0.25, 0.3) is 0 Å². The monoisotopic (exact) mass is 346 g/mol.